The number of nitrogens with zero attached hydrogens (tertiary/aromatic N) is 2. The Morgan fingerprint density at radius 3 is 2.82 bits per heavy atom. The first kappa shape index (κ1) is 17.8. The number of nitrogens with one attached hydrogen (secondary N) is 2. The highest BCUT2D eigenvalue weighted by atomic mass is 35.5. The van der Waals surface area contributed by atoms with Crippen molar-refractivity contribution in [2.75, 3.05) is 33.1 Å². The van der Waals surface area contributed by atoms with Gasteiger partial charge in [0.15, 0.2) is 0 Å². The SMILES string of the molecule is CNc1cc(C(=O)NN(C)/C=C\N)ccc1C(COC)=NCl. The smallest absolute Gasteiger partial charge is 0.269 e. The van der Waals surface area contributed by atoms with E-state index in [4.69, 9.17) is 22.2 Å². The van der Waals surface area contributed by atoms with Crippen LogP contribution in [0, 0.1) is 0 Å². The van der Waals surface area contributed by atoms with Crippen LogP contribution in [0.15, 0.2) is 35.1 Å². The molecule has 0 unspecified atom stereocenters. The molecule has 0 atom stereocenters. The number of rotatable bonds is 7. The average molecular weight is 326 g/mol. The normalized spacial score (nSPS) is 11.5. The van der Waals surface area contributed by atoms with E-state index in [0.717, 1.165) is 11.3 Å². The number of halogens is 1. The number of ether oxygens (including phenoxy) is 1. The van der Waals surface area contributed by atoms with E-state index in [-0.39, 0.29) is 12.5 Å². The van der Waals surface area contributed by atoms with Crippen LogP contribution < -0.4 is 16.5 Å². The Morgan fingerprint density at radius 1 is 1.55 bits per heavy atom. The second-order valence-electron chi connectivity index (χ2n) is 4.37. The Bertz CT molecular complexity index is 574. The zero-order chi connectivity index (χ0) is 16.5. The van der Waals surface area contributed by atoms with Crippen molar-refractivity contribution in [2.24, 2.45) is 10.2 Å². The molecule has 0 spiro atoms. The van der Waals surface area contributed by atoms with E-state index in [0.29, 0.717) is 11.3 Å². The van der Waals surface area contributed by atoms with Crippen LogP contribution in [0.3, 0.4) is 0 Å². The van der Waals surface area contributed by atoms with Crippen LogP contribution in [0.2, 0.25) is 0 Å². The van der Waals surface area contributed by atoms with Gasteiger partial charge in [0.1, 0.15) is 0 Å². The number of hydrogen-bond acceptors (Lipinski definition) is 6. The fourth-order valence-corrected chi connectivity index (χ4v) is 1.96. The minimum absolute atomic E-state index is 0.264. The van der Waals surface area contributed by atoms with Crippen LogP contribution in [-0.2, 0) is 4.74 Å². The van der Waals surface area contributed by atoms with Crippen molar-refractivity contribution < 1.29 is 9.53 Å². The van der Waals surface area contributed by atoms with Gasteiger partial charge in [-0.2, -0.15) is 4.51 Å². The van der Waals surface area contributed by atoms with E-state index in [2.05, 4.69) is 15.3 Å². The third kappa shape index (κ3) is 4.64. The number of amides is 1. The second kappa shape index (κ2) is 8.91. The predicted octanol–water partition coefficient (Wildman–Crippen LogP) is 1.32. The highest BCUT2D eigenvalue weighted by Crippen LogP contribution is 2.19. The third-order valence-electron chi connectivity index (χ3n) is 2.83. The molecule has 0 saturated heterocycles. The molecule has 0 heterocycles. The number of methoxy groups -OCH3 is 1. The van der Waals surface area contributed by atoms with Crippen molar-refractivity contribution in [3.63, 3.8) is 0 Å². The number of carbonyl (C=O) groups excluding carboxylic acids is 1. The number of anilines is 1. The zero-order valence-corrected chi connectivity index (χ0v) is 13.5. The number of carbonyl (C=O) groups is 1. The van der Waals surface area contributed by atoms with Gasteiger partial charge in [-0.15, -0.1) is 0 Å². The summed E-state index contributed by atoms with van der Waals surface area (Å²) in [6, 6.07) is 5.16. The maximum atomic E-state index is 12.1. The Labute approximate surface area is 134 Å². The van der Waals surface area contributed by atoms with Crippen molar-refractivity contribution in [3.8, 4) is 0 Å². The van der Waals surface area contributed by atoms with Gasteiger partial charge in [-0.25, -0.2) is 0 Å². The van der Waals surface area contributed by atoms with Crippen molar-refractivity contribution in [1.82, 2.24) is 10.4 Å². The first-order valence-electron chi connectivity index (χ1n) is 6.48. The summed E-state index contributed by atoms with van der Waals surface area (Å²) >= 11 is 5.59. The lowest BCUT2D eigenvalue weighted by Crippen LogP contribution is -2.35. The number of benzene rings is 1. The second-order valence-corrected chi connectivity index (χ2v) is 4.54. The molecule has 120 valence electrons. The monoisotopic (exact) mass is 325 g/mol. The Hall–Kier alpha value is -2.25. The van der Waals surface area contributed by atoms with Gasteiger partial charge in [0.05, 0.1) is 12.3 Å². The predicted molar refractivity (Wildman–Crippen MR) is 88.8 cm³/mol. The lowest BCUT2D eigenvalue weighted by atomic mass is 10.0. The zero-order valence-electron chi connectivity index (χ0n) is 12.8. The molecule has 7 nitrogen and oxygen atoms in total. The summed E-state index contributed by atoms with van der Waals surface area (Å²) in [7, 11) is 4.98. The van der Waals surface area contributed by atoms with Gasteiger partial charge in [-0.3, -0.25) is 15.2 Å². The van der Waals surface area contributed by atoms with Crippen molar-refractivity contribution in [2.45, 2.75) is 0 Å². The van der Waals surface area contributed by atoms with Crippen molar-refractivity contribution in [3.05, 3.63) is 41.7 Å². The molecular formula is C14H20ClN5O2. The largest absolute Gasteiger partial charge is 0.403 e. The van der Waals surface area contributed by atoms with Gasteiger partial charge >= 0.3 is 0 Å². The standard InChI is InChI=1S/C14H20ClN5O2/c1-17-12-8-10(14(21)19-20(2)7-6-16)4-5-11(12)13(18-15)9-22-3/h4-8,17H,9,16H2,1-3H3,(H,19,21)/b7-6-,18-13?. The molecule has 0 fully saturated rings. The van der Waals surface area contributed by atoms with Gasteiger partial charge in [-0.1, -0.05) is 6.07 Å². The van der Waals surface area contributed by atoms with Crippen LogP contribution in [-0.4, -0.2) is 44.4 Å². The van der Waals surface area contributed by atoms with Crippen LogP contribution in [0.25, 0.3) is 0 Å². The molecule has 1 rings (SSSR count). The molecule has 1 amide bonds. The number of hydrazine groups is 1. The highest BCUT2D eigenvalue weighted by molar-refractivity contribution is 6.24. The maximum absolute atomic E-state index is 12.1. The Morgan fingerprint density at radius 2 is 2.27 bits per heavy atom. The van der Waals surface area contributed by atoms with Gasteiger partial charge in [0.25, 0.3) is 5.91 Å². The van der Waals surface area contributed by atoms with Gasteiger partial charge in [-0.05, 0) is 12.1 Å². The molecule has 0 bridgehead atoms. The number of nitrogens with two attached hydrogens (primary N) is 1. The molecule has 0 aliphatic carbocycles. The quantitative estimate of drug-likeness (QED) is 0.519. The van der Waals surface area contributed by atoms with E-state index in [1.54, 1.807) is 39.4 Å². The van der Waals surface area contributed by atoms with E-state index < -0.39 is 0 Å². The molecule has 1 aromatic rings. The molecule has 8 heteroatoms. The van der Waals surface area contributed by atoms with Gasteiger partial charge in [0.2, 0.25) is 0 Å². The molecular weight excluding hydrogens is 306 g/mol. The number of hydrogen-bond donors (Lipinski definition) is 3. The van der Waals surface area contributed by atoms with Gasteiger partial charge < -0.3 is 15.8 Å². The summed E-state index contributed by atoms with van der Waals surface area (Å²) in [5.74, 6) is -0.264. The van der Waals surface area contributed by atoms with Crippen LogP contribution >= 0.6 is 11.8 Å². The Kier molecular flexibility index (Phi) is 7.21. The van der Waals surface area contributed by atoms with Crippen LogP contribution in [0.1, 0.15) is 15.9 Å². The lowest BCUT2D eigenvalue weighted by molar-refractivity contribution is 0.0873. The van der Waals surface area contributed by atoms with Crippen LogP contribution in [0.4, 0.5) is 5.69 Å². The topological polar surface area (TPSA) is 92.0 Å². The molecule has 0 aliphatic heterocycles. The first-order valence-corrected chi connectivity index (χ1v) is 6.82. The Balaban J connectivity index is 3.04. The summed E-state index contributed by atoms with van der Waals surface area (Å²) in [6.07, 6.45) is 2.86. The molecule has 0 aromatic heterocycles. The molecule has 0 aliphatic rings. The van der Waals surface area contributed by atoms with Gasteiger partial charge in [0, 0.05) is 62.2 Å². The molecule has 0 saturated carbocycles. The molecule has 1 aromatic carbocycles. The minimum Gasteiger partial charge on any atom is -0.403 e. The summed E-state index contributed by atoms with van der Waals surface area (Å²) in [5, 5.41) is 4.48. The van der Waals surface area contributed by atoms with E-state index in [1.165, 1.54) is 17.4 Å². The maximum Gasteiger partial charge on any atom is 0.269 e. The lowest BCUT2D eigenvalue weighted by Gasteiger charge is -2.16. The summed E-state index contributed by atoms with van der Waals surface area (Å²) in [5.41, 5.74) is 10.5. The first-order chi connectivity index (χ1) is 10.6. The summed E-state index contributed by atoms with van der Waals surface area (Å²) in [6.45, 7) is 0.272. The summed E-state index contributed by atoms with van der Waals surface area (Å²) in [4.78, 5) is 12.1. The summed E-state index contributed by atoms with van der Waals surface area (Å²) < 4.78 is 8.75. The minimum atomic E-state index is -0.264. The van der Waals surface area contributed by atoms with Crippen molar-refractivity contribution in [1.29, 1.82) is 0 Å². The van der Waals surface area contributed by atoms with E-state index in [9.17, 15) is 4.79 Å². The van der Waals surface area contributed by atoms with Crippen LogP contribution in [0.5, 0.6) is 0 Å². The highest BCUT2D eigenvalue weighted by Gasteiger charge is 2.13. The van der Waals surface area contributed by atoms with E-state index >= 15 is 0 Å². The third-order valence-corrected chi connectivity index (χ3v) is 3.04. The fourth-order valence-electron chi connectivity index (χ4n) is 1.82. The molecule has 22 heavy (non-hydrogen) atoms. The average Bonchev–Trinajstić information content (AvgIpc) is 2.52. The van der Waals surface area contributed by atoms with E-state index in [1.807, 2.05) is 0 Å². The fraction of sp³-hybridized carbons (Fsp3) is 0.286. The van der Waals surface area contributed by atoms with Crippen molar-refractivity contribution >= 4 is 29.1 Å². The molecule has 4 N–H and O–H groups in total. The molecule has 0 radical (unpaired) electrons.